The van der Waals surface area contributed by atoms with Crippen LogP contribution in [0.3, 0.4) is 0 Å². The summed E-state index contributed by atoms with van der Waals surface area (Å²) in [6.45, 7) is 6.46. The predicted molar refractivity (Wildman–Crippen MR) is 88.7 cm³/mol. The lowest BCUT2D eigenvalue weighted by atomic mass is 10.2. The Hall–Kier alpha value is -2.31. The number of carbonyl (C=O) groups excluding carboxylic acids is 3. The normalized spacial score (nSPS) is 17.3. The Morgan fingerprint density at radius 3 is 2.58 bits per heavy atom. The van der Waals surface area contributed by atoms with Gasteiger partial charge in [0.2, 0.25) is 11.8 Å². The molecule has 7 nitrogen and oxygen atoms in total. The van der Waals surface area contributed by atoms with Crippen molar-refractivity contribution < 1.29 is 19.1 Å². The van der Waals surface area contributed by atoms with Gasteiger partial charge in [0, 0.05) is 32.0 Å². The Morgan fingerprint density at radius 2 is 2.04 bits per heavy atom. The molecule has 1 unspecified atom stereocenters. The summed E-state index contributed by atoms with van der Waals surface area (Å²) >= 11 is 0. The van der Waals surface area contributed by atoms with Gasteiger partial charge in [0.1, 0.15) is 12.6 Å². The third kappa shape index (κ3) is 3.29. The van der Waals surface area contributed by atoms with Crippen molar-refractivity contribution in [1.29, 1.82) is 0 Å². The third-order valence-corrected chi connectivity index (χ3v) is 4.62. The molecule has 0 N–H and O–H groups in total. The lowest BCUT2D eigenvalue weighted by Crippen LogP contribution is -2.43. The molecule has 7 heteroatoms. The fraction of sp³-hybridized carbons (Fsp3) is 0.588. The van der Waals surface area contributed by atoms with Crippen LogP contribution in [-0.2, 0) is 20.9 Å². The molecule has 0 aliphatic carbocycles. The Labute approximate surface area is 142 Å². The molecule has 2 rings (SSSR count). The number of carbonyl (C=O) groups is 3. The van der Waals surface area contributed by atoms with Gasteiger partial charge < -0.3 is 19.1 Å². The van der Waals surface area contributed by atoms with E-state index in [-0.39, 0.29) is 24.3 Å². The number of hydrogen-bond donors (Lipinski definition) is 0. The summed E-state index contributed by atoms with van der Waals surface area (Å²) in [4.78, 5) is 39.8. The summed E-state index contributed by atoms with van der Waals surface area (Å²) in [5.41, 5.74) is 1.98. The Kier molecular flexibility index (Phi) is 5.31. The van der Waals surface area contributed by atoms with E-state index in [1.165, 1.54) is 4.90 Å². The van der Waals surface area contributed by atoms with E-state index in [9.17, 15) is 14.4 Å². The van der Waals surface area contributed by atoms with Crippen LogP contribution in [-0.4, -0.2) is 65.4 Å². The first-order chi connectivity index (χ1) is 11.3. The van der Waals surface area contributed by atoms with Gasteiger partial charge in [-0.2, -0.15) is 0 Å². The third-order valence-electron chi connectivity index (χ3n) is 4.62. The molecule has 0 saturated carbocycles. The second kappa shape index (κ2) is 7.07. The Morgan fingerprint density at radius 1 is 1.38 bits per heavy atom. The van der Waals surface area contributed by atoms with Crippen LogP contribution in [0.15, 0.2) is 6.07 Å². The van der Waals surface area contributed by atoms with Crippen LogP contribution in [0.1, 0.15) is 35.1 Å². The highest BCUT2D eigenvalue weighted by Crippen LogP contribution is 2.19. The minimum atomic E-state index is -0.400. The van der Waals surface area contributed by atoms with Crippen molar-refractivity contribution in [3.8, 4) is 0 Å². The van der Waals surface area contributed by atoms with Crippen LogP contribution < -0.4 is 0 Å². The molecule has 0 bridgehead atoms. The van der Waals surface area contributed by atoms with Crippen LogP contribution in [0.4, 0.5) is 0 Å². The van der Waals surface area contributed by atoms with Gasteiger partial charge in [0.25, 0.3) is 0 Å². The first-order valence-electron chi connectivity index (χ1n) is 8.12. The summed E-state index contributed by atoms with van der Waals surface area (Å²) in [5, 5.41) is 0. The van der Waals surface area contributed by atoms with Gasteiger partial charge in [-0.05, 0) is 33.3 Å². The lowest BCUT2D eigenvalue weighted by Gasteiger charge is -2.24. The van der Waals surface area contributed by atoms with Crippen molar-refractivity contribution in [2.24, 2.45) is 0 Å². The zero-order chi connectivity index (χ0) is 18.0. The largest absolute Gasteiger partial charge is 0.462 e. The van der Waals surface area contributed by atoms with Crippen LogP contribution in [0.25, 0.3) is 0 Å². The molecule has 24 heavy (non-hydrogen) atoms. The maximum atomic E-state index is 12.6. The van der Waals surface area contributed by atoms with E-state index >= 15 is 0 Å². The van der Waals surface area contributed by atoms with Gasteiger partial charge in [-0.15, -0.1) is 0 Å². The van der Waals surface area contributed by atoms with Crippen molar-refractivity contribution in [1.82, 2.24) is 14.4 Å². The Balaban J connectivity index is 2.14. The van der Waals surface area contributed by atoms with Crippen molar-refractivity contribution in [2.75, 3.05) is 27.2 Å². The standard InChI is InChI=1S/C17H25N3O4/c1-6-24-17(23)13-9-11(2)20(12(13)3)10-15(21)19(5)14-7-8-18(4)16(14)22/h9,14H,6-8,10H2,1-5H3. The topological polar surface area (TPSA) is 71.8 Å². The summed E-state index contributed by atoms with van der Waals surface area (Å²) in [6, 6.07) is 1.33. The number of likely N-dealkylation sites (tertiary alicyclic amines) is 1. The van der Waals surface area contributed by atoms with Crippen LogP contribution in [0.5, 0.6) is 0 Å². The molecule has 132 valence electrons. The predicted octanol–water partition coefficient (Wildman–Crippen LogP) is 0.971. The molecule has 1 aromatic rings. The molecule has 0 radical (unpaired) electrons. The highest BCUT2D eigenvalue weighted by Gasteiger charge is 2.34. The van der Waals surface area contributed by atoms with Gasteiger partial charge in [0.05, 0.1) is 12.2 Å². The van der Waals surface area contributed by atoms with Crippen molar-refractivity contribution in [2.45, 2.75) is 39.8 Å². The zero-order valence-electron chi connectivity index (χ0n) is 15.0. The number of ether oxygens (including phenoxy) is 1. The molecule has 1 fully saturated rings. The highest BCUT2D eigenvalue weighted by atomic mass is 16.5. The lowest BCUT2D eigenvalue weighted by molar-refractivity contribution is -0.140. The number of likely N-dealkylation sites (N-methyl/N-ethyl adjacent to an activating group) is 2. The fourth-order valence-corrected chi connectivity index (χ4v) is 3.04. The maximum Gasteiger partial charge on any atom is 0.339 e. The van der Waals surface area contributed by atoms with E-state index in [0.717, 1.165) is 5.69 Å². The van der Waals surface area contributed by atoms with Gasteiger partial charge in [0.15, 0.2) is 0 Å². The van der Waals surface area contributed by atoms with Crippen molar-refractivity contribution in [3.63, 3.8) is 0 Å². The smallest absolute Gasteiger partial charge is 0.339 e. The Bertz CT molecular complexity index is 665. The van der Waals surface area contributed by atoms with E-state index in [2.05, 4.69) is 0 Å². The fourth-order valence-electron chi connectivity index (χ4n) is 3.04. The highest BCUT2D eigenvalue weighted by molar-refractivity contribution is 5.92. The molecule has 2 amide bonds. The van der Waals surface area contributed by atoms with Gasteiger partial charge in [-0.1, -0.05) is 0 Å². The SMILES string of the molecule is CCOC(=O)c1cc(C)n(CC(=O)N(C)C2CCN(C)C2=O)c1C. The first-order valence-corrected chi connectivity index (χ1v) is 8.12. The second-order valence-corrected chi connectivity index (χ2v) is 6.16. The summed E-state index contributed by atoms with van der Waals surface area (Å²) in [6.07, 6.45) is 0.648. The first kappa shape index (κ1) is 18.0. The minimum Gasteiger partial charge on any atom is -0.462 e. The van der Waals surface area contributed by atoms with Gasteiger partial charge >= 0.3 is 5.97 Å². The number of amides is 2. The molecular formula is C17H25N3O4. The molecule has 1 aliphatic heterocycles. The average molecular weight is 335 g/mol. The molecule has 1 aromatic heterocycles. The van der Waals surface area contributed by atoms with E-state index in [1.807, 2.05) is 6.92 Å². The number of hydrogen-bond acceptors (Lipinski definition) is 4. The molecule has 1 saturated heterocycles. The van der Waals surface area contributed by atoms with E-state index in [1.54, 1.807) is 43.5 Å². The molecule has 2 heterocycles. The number of aromatic nitrogens is 1. The second-order valence-electron chi connectivity index (χ2n) is 6.16. The minimum absolute atomic E-state index is 0.0287. The number of nitrogens with zero attached hydrogens (tertiary/aromatic N) is 3. The molecule has 1 aliphatic rings. The molecule has 0 aromatic carbocycles. The van der Waals surface area contributed by atoms with E-state index in [4.69, 9.17) is 4.74 Å². The maximum absolute atomic E-state index is 12.6. The monoisotopic (exact) mass is 335 g/mol. The number of rotatable bonds is 5. The van der Waals surface area contributed by atoms with Crippen molar-refractivity contribution in [3.05, 3.63) is 23.0 Å². The van der Waals surface area contributed by atoms with Gasteiger partial charge in [-0.25, -0.2) is 4.79 Å². The van der Waals surface area contributed by atoms with Crippen LogP contribution >= 0.6 is 0 Å². The van der Waals surface area contributed by atoms with Crippen molar-refractivity contribution >= 4 is 17.8 Å². The molecule has 1 atom stereocenters. The quantitative estimate of drug-likeness (QED) is 0.752. The number of esters is 1. The van der Waals surface area contributed by atoms with E-state index in [0.29, 0.717) is 30.8 Å². The summed E-state index contributed by atoms with van der Waals surface area (Å²) in [5.74, 6) is -0.565. The summed E-state index contributed by atoms with van der Waals surface area (Å²) < 4.78 is 6.82. The molecule has 0 spiro atoms. The summed E-state index contributed by atoms with van der Waals surface area (Å²) in [7, 11) is 3.40. The van der Waals surface area contributed by atoms with Crippen LogP contribution in [0.2, 0.25) is 0 Å². The average Bonchev–Trinajstić information content (AvgIpc) is 3.01. The molecular weight excluding hydrogens is 310 g/mol. The number of aryl methyl sites for hydroxylation is 1. The van der Waals surface area contributed by atoms with E-state index < -0.39 is 6.04 Å². The van der Waals surface area contributed by atoms with Crippen LogP contribution in [0, 0.1) is 13.8 Å². The van der Waals surface area contributed by atoms with Gasteiger partial charge in [-0.3, -0.25) is 9.59 Å². The zero-order valence-corrected chi connectivity index (χ0v) is 15.0.